The molecule has 0 spiro atoms. The average Bonchev–Trinajstić information content (AvgIpc) is 2.49. The summed E-state index contributed by atoms with van der Waals surface area (Å²) in [6.07, 6.45) is -2.50. The third kappa shape index (κ3) is 5.80. The number of hydrogen-bond acceptors (Lipinski definition) is 0. The predicted molar refractivity (Wildman–Crippen MR) is 90.5 cm³/mol. The van der Waals surface area contributed by atoms with Gasteiger partial charge in [-0.3, -0.25) is 0 Å². The molecule has 0 N–H and O–H groups in total. The van der Waals surface area contributed by atoms with E-state index in [1.807, 2.05) is 6.92 Å². The third-order valence-electron chi connectivity index (χ3n) is 4.34. The molecule has 0 bridgehead atoms. The Morgan fingerprint density at radius 1 is 0.692 bits per heavy atom. The molecule has 0 saturated heterocycles. The van der Waals surface area contributed by atoms with E-state index in [1.54, 1.807) is 0 Å². The lowest BCUT2D eigenvalue weighted by molar-refractivity contribution is -0.403. The highest BCUT2D eigenvalue weighted by atomic mass is 127. The molecule has 0 aromatic rings. The molecule has 0 amide bonds. The average molecular weight is 514 g/mol. The summed E-state index contributed by atoms with van der Waals surface area (Å²) >= 11 is 1.45. The monoisotopic (exact) mass is 514 g/mol. The highest BCUT2D eigenvalue weighted by Gasteiger charge is 2.82. The fourth-order valence-electron chi connectivity index (χ4n) is 2.68. The maximum absolute atomic E-state index is 14.1. The Labute approximate surface area is 161 Å². The molecular weight excluding hydrogens is 490 g/mol. The van der Waals surface area contributed by atoms with Crippen molar-refractivity contribution < 1.29 is 39.5 Å². The zero-order valence-electron chi connectivity index (χ0n) is 14.6. The second-order valence-corrected chi connectivity index (χ2v) is 7.96. The molecule has 158 valence electrons. The number of hydrogen-bond donors (Lipinski definition) is 0. The summed E-state index contributed by atoms with van der Waals surface area (Å²) in [7, 11) is 0. The SMILES string of the molecule is CCCCCCCCC(I)C(CC)C(F)(F)C(F)(F)C(F)(F)C(F)(F)F. The van der Waals surface area contributed by atoms with Crippen LogP contribution in [0.25, 0.3) is 0 Å². The molecule has 26 heavy (non-hydrogen) atoms. The van der Waals surface area contributed by atoms with Gasteiger partial charge >= 0.3 is 23.9 Å². The van der Waals surface area contributed by atoms with Gasteiger partial charge in [0.05, 0.1) is 0 Å². The molecule has 0 aliphatic carbocycles. The Morgan fingerprint density at radius 2 is 1.15 bits per heavy atom. The zero-order chi connectivity index (χ0) is 20.8. The summed E-state index contributed by atoms with van der Waals surface area (Å²) in [5, 5.41) is 0. The van der Waals surface area contributed by atoms with Crippen LogP contribution >= 0.6 is 22.6 Å². The van der Waals surface area contributed by atoms with Gasteiger partial charge in [0.1, 0.15) is 0 Å². The molecule has 0 rings (SSSR count). The van der Waals surface area contributed by atoms with Gasteiger partial charge in [0.2, 0.25) is 0 Å². The molecule has 2 unspecified atom stereocenters. The third-order valence-corrected chi connectivity index (χ3v) is 5.84. The van der Waals surface area contributed by atoms with Crippen molar-refractivity contribution in [2.75, 3.05) is 0 Å². The molecule has 0 nitrogen and oxygen atoms in total. The number of alkyl halides is 10. The lowest BCUT2D eigenvalue weighted by Gasteiger charge is -2.39. The van der Waals surface area contributed by atoms with Gasteiger partial charge in [0.15, 0.2) is 0 Å². The van der Waals surface area contributed by atoms with Crippen LogP contribution in [0.4, 0.5) is 39.5 Å². The predicted octanol–water partition coefficient (Wildman–Crippen LogP) is 8.04. The van der Waals surface area contributed by atoms with E-state index in [9.17, 15) is 39.5 Å². The maximum atomic E-state index is 14.1. The first-order chi connectivity index (χ1) is 11.7. The summed E-state index contributed by atoms with van der Waals surface area (Å²) in [4.78, 5) is 0. The molecule has 0 aliphatic heterocycles. The molecule has 2 atom stereocenters. The molecular formula is C16H24F9I. The number of halogens is 10. The standard InChI is InChI=1S/C16H24F9I/c1-3-5-6-7-8-9-10-12(26)11(4-2)13(17,18)14(19,20)15(21,22)16(23,24)25/h11-12H,3-10H2,1-2H3. The van der Waals surface area contributed by atoms with E-state index in [0.717, 1.165) is 32.6 Å². The highest BCUT2D eigenvalue weighted by Crippen LogP contribution is 2.56. The second-order valence-electron chi connectivity index (χ2n) is 6.36. The number of rotatable bonds is 12. The summed E-state index contributed by atoms with van der Waals surface area (Å²) in [5.74, 6) is -21.1. The van der Waals surface area contributed by atoms with E-state index >= 15 is 0 Å². The van der Waals surface area contributed by atoms with Gasteiger partial charge in [-0.05, 0) is 12.8 Å². The Balaban J connectivity index is 5.14. The molecule has 0 heterocycles. The van der Waals surface area contributed by atoms with E-state index in [1.165, 1.54) is 22.6 Å². The van der Waals surface area contributed by atoms with Gasteiger partial charge in [0, 0.05) is 9.84 Å². The van der Waals surface area contributed by atoms with Crippen molar-refractivity contribution in [1.82, 2.24) is 0 Å². The Kier molecular flexibility index (Phi) is 10.1. The number of unbranched alkanes of at least 4 members (excludes halogenated alkanes) is 5. The van der Waals surface area contributed by atoms with Crippen molar-refractivity contribution in [1.29, 1.82) is 0 Å². The van der Waals surface area contributed by atoms with Crippen molar-refractivity contribution in [3.05, 3.63) is 0 Å². The first-order valence-corrected chi connectivity index (χ1v) is 9.77. The summed E-state index contributed by atoms with van der Waals surface area (Å²) < 4.78 is 117. The first kappa shape index (κ1) is 26.1. The second kappa shape index (κ2) is 10.0. The van der Waals surface area contributed by atoms with Gasteiger partial charge in [-0.25, -0.2) is 0 Å². The largest absolute Gasteiger partial charge is 0.460 e. The van der Waals surface area contributed by atoms with Crippen molar-refractivity contribution in [3.8, 4) is 0 Å². The minimum Gasteiger partial charge on any atom is -0.199 e. The zero-order valence-corrected chi connectivity index (χ0v) is 16.7. The minimum absolute atomic E-state index is 0.0501. The van der Waals surface area contributed by atoms with Gasteiger partial charge in [-0.1, -0.05) is 75.0 Å². The van der Waals surface area contributed by atoms with Gasteiger partial charge in [-0.15, -0.1) is 0 Å². The van der Waals surface area contributed by atoms with Crippen molar-refractivity contribution in [3.63, 3.8) is 0 Å². The van der Waals surface area contributed by atoms with Crippen LogP contribution in [0, 0.1) is 5.92 Å². The lowest BCUT2D eigenvalue weighted by atomic mass is 9.85. The molecule has 0 fully saturated rings. The molecule has 10 heteroatoms. The van der Waals surface area contributed by atoms with E-state index in [-0.39, 0.29) is 6.42 Å². The fourth-order valence-corrected chi connectivity index (χ4v) is 4.08. The van der Waals surface area contributed by atoms with Crippen LogP contribution in [0.15, 0.2) is 0 Å². The molecule has 0 aliphatic rings. The first-order valence-electron chi connectivity index (χ1n) is 8.52. The molecule has 0 radical (unpaired) electrons. The van der Waals surface area contributed by atoms with E-state index < -0.39 is 40.2 Å². The van der Waals surface area contributed by atoms with Crippen LogP contribution in [-0.4, -0.2) is 27.9 Å². The van der Waals surface area contributed by atoms with Crippen molar-refractivity contribution in [2.45, 2.75) is 93.1 Å². The van der Waals surface area contributed by atoms with Gasteiger partial charge in [-0.2, -0.15) is 39.5 Å². The van der Waals surface area contributed by atoms with Crippen LogP contribution in [-0.2, 0) is 0 Å². The van der Waals surface area contributed by atoms with Crippen LogP contribution in [0.3, 0.4) is 0 Å². The van der Waals surface area contributed by atoms with Crippen molar-refractivity contribution >= 4 is 22.6 Å². The maximum Gasteiger partial charge on any atom is 0.460 e. The highest BCUT2D eigenvalue weighted by molar-refractivity contribution is 14.1. The van der Waals surface area contributed by atoms with Crippen LogP contribution in [0.2, 0.25) is 0 Å². The van der Waals surface area contributed by atoms with E-state index in [2.05, 4.69) is 0 Å². The van der Waals surface area contributed by atoms with Crippen LogP contribution in [0.1, 0.15) is 65.2 Å². The van der Waals surface area contributed by atoms with E-state index in [0.29, 0.717) is 12.8 Å². The topological polar surface area (TPSA) is 0 Å². The molecule has 0 saturated carbocycles. The summed E-state index contributed by atoms with van der Waals surface area (Å²) in [6, 6.07) is 0. The minimum atomic E-state index is -6.81. The Morgan fingerprint density at radius 3 is 1.58 bits per heavy atom. The summed E-state index contributed by atoms with van der Waals surface area (Å²) in [6.45, 7) is 3.08. The van der Waals surface area contributed by atoms with Gasteiger partial charge in [0.25, 0.3) is 0 Å². The van der Waals surface area contributed by atoms with E-state index in [4.69, 9.17) is 0 Å². The fraction of sp³-hybridized carbons (Fsp3) is 1.00. The smallest absolute Gasteiger partial charge is 0.199 e. The molecule has 0 aromatic heterocycles. The Bertz CT molecular complexity index is 407. The van der Waals surface area contributed by atoms with Crippen LogP contribution in [0.5, 0.6) is 0 Å². The lowest BCUT2D eigenvalue weighted by Crippen LogP contribution is -2.63. The Hall–Kier alpha value is 0.1000. The van der Waals surface area contributed by atoms with Gasteiger partial charge < -0.3 is 0 Å². The van der Waals surface area contributed by atoms with Crippen LogP contribution < -0.4 is 0 Å². The summed E-state index contributed by atoms with van der Waals surface area (Å²) in [5.41, 5.74) is 0. The molecule has 0 aromatic carbocycles. The normalized spacial score (nSPS) is 16.6. The van der Waals surface area contributed by atoms with Crippen molar-refractivity contribution in [2.24, 2.45) is 5.92 Å². The quantitative estimate of drug-likeness (QED) is 0.107.